The summed E-state index contributed by atoms with van der Waals surface area (Å²) >= 11 is 0. The number of amides is 2. The van der Waals surface area contributed by atoms with Crippen LogP contribution < -0.4 is 10.2 Å². The minimum absolute atomic E-state index is 0.0990. The van der Waals surface area contributed by atoms with E-state index in [-0.39, 0.29) is 6.03 Å². The quantitative estimate of drug-likeness (QED) is 0.855. The summed E-state index contributed by atoms with van der Waals surface area (Å²) in [6.07, 6.45) is 5.72. The standard InChI is InChI=1S/C17H26N6O/c1-21-8-4-14-15(5-9-21)20-16(12-19-14)23-11-10-22(17(23)24)13-2-6-18-7-3-13/h12-13,18H,2-11H2,1H3. The number of nitrogens with zero attached hydrogens (tertiary/aromatic N) is 5. The van der Waals surface area contributed by atoms with Crippen molar-refractivity contribution in [2.24, 2.45) is 0 Å². The van der Waals surface area contributed by atoms with Crippen LogP contribution in [0.1, 0.15) is 24.2 Å². The van der Waals surface area contributed by atoms with E-state index >= 15 is 0 Å². The topological polar surface area (TPSA) is 64.6 Å². The van der Waals surface area contributed by atoms with Gasteiger partial charge < -0.3 is 15.1 Å². The van der Waals surface area contributed by atoms with Crippen molar-refractivity contribution in [3.63, 3.8) is 0 Å². The molecule has 4 heterocycles. The summed E-state index contributed by atoms with van der Waals surface area (Å²) < 4.78 is 0. The molecule has 4 rings (SSSR count). The number of carbonyl (C=O) groups is 1. The molecule has 0 aliphatic carbocycles. The van der Waals surface area contributed by atoms with Crippen LogP contribution >= 0.6 is 0 Å². The van der Waals surface area contributed by atoms with Gasteiger partial charge in [0, 0.05) is 45.1 Å². The summed E-state index contributed by atoms with van der Waals surface area (Å²) in [4.78, 5) is 28.4. The van der Waals surface area contributed by atoms with Crippen LogP contribution in [0.5, 0.6) is 0 Å². The van der Waals surface area contributed by atoms with Gasteiger partial charge in [-0.25, -0.2) is 9.78 Å². The van der Waals surface area contributed by atoms with E-state index in [1.165, 1.54) is 0 Å². The van der Waals surface area contributed by atoms with E-state index in [1.54, 1.807) is 6.20 Å². The van der Waals surface area contributed by atoms with Crippen molar-refractivity contribution in [3.05, 3.63) is 17.6 Å². The van der Waals surface area contributed by atoms with Gasteiger partial charge in [-0.1, -0.05) is 0 Å². The Morgan fingerprint density at radius 3 is 2.62 bits per heavy atom. The average molecular weight is 330 g/mol. The molecule has 1 N–H and O–H groups in total. The Balaban J connectivity index is 1.51. The maximum absolute atomic E-state index is 12.8. The van der Waals surface area contributed by atoms with E-state index in [2.05, 4.69) is 22.2 Å². The second kappa shape index (κ2) is 6.64. The fourth-order valence-corrected chi connectivity index (χ4v) is 3.91. The fraction of sp³-hybridized carbons (Fsp3) is 0.706. The molecule has 2 saturated heterocycles. The summed E-state index contributed by atoms with van der Waals surface area (Å²) in [6, 6.07) is 0.466. The molecule has 7 nitrogen and oxygen atoms in total. The van der Waals surface area contributed by atoms with Crippen molar-refractivity contribution in [2.75, 3.05) is 51.2 Å². The van der Waals surface area contributed by atoms with Gasteiger partial charge in [0.2, 0.25) is 0 Å². The monoisotopic (exact) mass is 330 g/mol. The lowest BCUT2D eigenvalue weighted by Gasteiger charge is -2.31. The molecular weight excluding hydrogens is 304 g/mol. The fourth-order valence-electron chi connectivity index (χ4n) is 3.91. The van der Waals surface area contributed by atoms with Gasteiger partial charge in [-0.15, -0.1) is 0 Å². The molecule has 0 atom stereocenters. The predicted molar refractivity (Wildman–Crippen MR) is 92.3 cm³/mol. The maximum atomic E-state index is 12.8. The number of aromatic nitrogens is 2. The molecule has 130 valence electrons. The Morgan fingerprint density at radius 2 is 1.83 bits per heavy atom. The molecule has 0 radical (unpaired) electrons. The SMILES string of the molecule is CN1CCc2ncc(N3CCN(C4CCNCC4)C3=O)nc2CC1. The minimum atomic E-state index is 0.0990. The first-order valence-corrected chi connectivity index (χ1v) is 9.04. The Morgan fingerprint density at radius 1 is 1.08 bits per heavy atom. The minimum Gasteiger partial charge on any atom is -0.319 e. The number of nitrogens with one attached hydrogen (secondary N) is 1. The maximum Gasteiger partial charge on any atom is 0.326 e. The summed E-state index contributed by atoms with van der Waals surface area (Å²) in [7, 11) is 2.13. The Labute approximate surface area is 143 Å². The molecule has 0 saturated carbocycles. The van der Waals surface area contributed by atoms with Gasteiger partial charge in [-0.2, -0.15) is 0 Å². The van der Waals surface area contributed by atoms with Crippen LogP contribution in [0.15, 0.2) is 6.20 Å². The Kier molecular flexibility index (Phi) is 4.37. The summed E-state index contributed by atoms with van der Waals surface area (Å²) in [6.45, 7) is 5.54. The molecule has 2 fully saturated rings. The lowest BCUT2D eigenvalue weighted by Crippen LogP contribution is -2.45. The van der Waals surface area contributed by atoms with Crippen molar-refractivity contribution < 1.29 is 4.79 Å². The van der Waals surface area contributed by atoms with E-state index in [1.807, 2.05) is 9.80 Å². The molecule has 1 aromatic heterocycles. The van der Waals surface area contributed by atoms with Crippen molar-refractivity contribution in [1.29, 1.82) is 0 Å². The molecule has 0 bridgehead atoms. The highest BCUT2D eigenvalue weighted by atomic mass is 16.2. The van der Waals surface area contributed by atoms with Gasteiger partial charge in [-0.3, -0.25) is 9.88 Å². The van der Waals surface area contributed by atoms with Gasteiger partial charge in [-0.05, 0) is 33.0 Å². The highest BCUT2D eigenvalue weighted by molar-refractivity contribution is 5.93. The largest absolute Gasteiger partial charge is 0.326 e. The molecule has 24 heavy (non-hydrogen) atoms. The van der Waals surface area contributed by atoms with Crippen molar-refractivity contribution in [3.8, 4) is 0 Å². The van der Waals surface area contributed by atoms with Crippen LogP contribution in [0.2, 0.25) is 0 Å². The number of rotatable bonds is 2. The van der Waals surface area contributed by atoms with Crippen LogP contribution in [0.4, 0.5) is 10.6 Å². The molecule has 0 unspecified atom stereocenters. The highest BCUT2D eigenvalue weighted by Crippen LogP contribution is 2.24. The molecule has 0 spiro atoms. The van der Waals surface area contributed by atoms with Gasteiger partial charge in [0.1, 0.15) is 0 Å². The van der Waals surface area contributed by atoms with Crippen LogP contribution in [0.3, 0.4) is 0 Å². The summed E-state index contributed by atoms with van der Waals surface area (Å²) in [5.41, 5.74) is 2.15. The van der Waals surface area contributed by atoms with Gasteiger partial charge >= 0.3 is 6.03 Å². The van der Waals surface area contributed by atoms with Crippen LogP contribution in [0.25, 0.3) is 0 Å². The van der Waals surface area contributed by atoms with Gasteiger partial charge in [0.05, 0.1) is 17.6 Å². The molecule has 7 heteroatoms. The van der Waals surface area contributed by atoms with Crippen LogP contribution in [-0.2, 0) is 12.8 Å². The molecule has 3 aliphatic rings. The number of hydrogen-bond acceptors (Lipinski definition) is 5. The molecule has 3 aliphatic heterocycles. The smallest absolute Gasteiger partial charge is 0.319 e. The first kappa shape index (κ1) is 15.8. The average Bonchev–Trinajstić information content (AvgIpc) is 2.90. The molecule has 2 amide bonds. The van der Waals surface area contributed by atoms with E-state index < -0.39 is 0 Å². The number of carbonyl (C=O) groups excluding carboxylic acids is 1. The van der Waals surface area contributed by atoms with Crippen molar-refractivity contribution >= 4 is 11.8 Å². The van der Waals surface area contributed by atoms with E-state index in [0.29, 0.717) is 6.04 Å². The number of likely N-dealkylation sites (N-methyl/N-ethyl adjacent to an activating group) is 1. The number of anilines is 1. The highest BCUT2D eigenvalue weighted by Gasteiger charge is 2.35. The van der Waals surface area contributed by atoms with E-state index in [9.17, 15) is 4.79 Å². The third kappa shape index (κ3) is 2.98. The van der Waals surface area contributed by atoms with Crippen molar-refractivity contribution in [1.82, 2.24) is 25.1 Å². The van der Waals surface area contributed by atoms with E-state index in [0.717, 1.165) is 82.2 Å². The third-order valence-corrected chi connectivity index (χ3v) is 5.45. The molecular formula is C17H26N6O. The summed E-state index contributed by atoms with van der Waals surface area (Å²) in [5.74, 6) is 0.722. The predicted octanol–water partition coefficient (Wildman–Crippen LogP) is 0.501. The molecule has 0 aromatic carbocycles. The zero-order valence-corrected chi connectivity index (χ0v) is 14.4. The van der Waals surface area contributed by atoms with E-state index in [4.69, 9.17) is 4.98 Å². The number of hydrogen-bond donors (Lipinski definition) is 1. The first-order chi connectivity index (χ1) is 11.7. The lowest BCUT2D eigenvalue weighted by atomic mass is 10.1. The zero-order valence-electron chi connectivity index (χ0n) is 14.4. The third-order valence-electron chi connectivity index (χ3n) is 5.45. The Bertz CT molecular complexity index is 615. The number of urea groups is 1. The summed E-state index contributed by atoms with van der Waals surface area (Å²) in [5, 5.41) is 3.36. The lowest BCUT2D eigenvalue weighted by molar-refractivity contribution is 0.185. The van der Waals surface area contributed by atoms with Crippen molar-refractivity contribution in [2.45, 2.75) is 31.7 Å². The zero-order chi connectivity index (χ0) is 16.5. The Hall–Kier alpha value is -1.73. The van der Waals surface area contributed by atoms with Crippen LogP contribution in [-0.4, -0.2) is 78.2 Å². The second-order valence-electron chi connectivity index (χ2n) is 7.03. The van der Waals surface area contributed by atoms with Gasteiger partial charge in [0.25, 0.3) is 0 Å². The first-order valence-electron chi connectivity index (χ1n) is 9.04. The molecule has 1 aromatic rings. The second-order valence-corrected chi connectivity index (χ2v) is 7.03. The normalized spacial score (nSPS) is 23.5. The van der Waals surface area contributed by atoms with Crippen LogP contribution in [0, 0.1) is 0 Å². The van der Waals surface area contributed by atoms with Gasteiger partial charge in [0.15, 0.2) is 5.82 Å². The number of fused-ring (bicyclic) bond motifs is 1. The number of piperidine rings is 1.